The zero-order chi connectivity index (χ0) is 28.4. The normalized spacial score (nSPS) is 18.0. The van der Waals surface area contributed by atoms with Crippen molar-refractivity contribution in [3.8, 4) is 16.9 Å². The summed E-state index contributed by atoms with van der Waals surface area (Å²) in [6.45, 7) is 0. The van der Waals surface area contributed by atoms with E-state index < -0.39 is 25.8 Å². The van der Waals surface area contributed by atoms with Crippen LogP contribution >= 0.6 is 19.8 Å². The molecule has 0 saturated carbocycles. The zero-order valence-corrected chi connectivity index (χ0v) is 22.9. The van der Waals surface area contributed by atoms with Gasteiger partial charge in [0.1, 0.15) is 23.7 Å². The predicted molar refractivity (Wildman–Crippen MR) is 155 cm³/mol. The van der Waals surface area contributed by atoms with Crippen LogP contribution in [0, 0.1) is 5.82 Å². The fourth-order valence-corrected chi connectivity index (χ4v) is 5.82. The maximum Gasteiger partial charge on any atom is 0.356 e. The lowest BCUT2D eigenvalue weighted by Crippen LogP contribution is -2.29. The second kappa shape index (κ2) is 11.5. The number of halogens is 1. The lowest BCUT2D eigenvalue weighted by Gasteiger charge is -2.27. The molecule has 0 spiro atoms. The van der Waals surface area contributed by atoms with Crippen LogP contribution in [0.5, 0.6) is 5.75 Å². The standard InChI is InChI=1S/C30H27FNO6PS/c31-22-11-6-20(7-12-22)26(33)16-17-28-29(32(30(40)38-28)23-4-2-1-3-5-23)25-15-10-21(18-27(25)34)19-8-13-24(14-9-19)39(35,36)37/h1-15,18,26,28-29,33-34H,16-17H2,(H2,35,36,37)/t26?,28-,29?/m1/s1. The first-order chi connectivity index (χ1) is 19.1. The van der Waals surface area contributed by atoms with Gasteiger partial charge in [-0.2, -0.15) is 0 Å². The molecular formula is C30H27FNO6PS. The maximum atomic E-state index is 13.3. The van der Waals surface area contributed by atoms with Gasteiger partial charge in [0.05, 0.1) is 11.4 Å². The van der Waals surface area contributed by atoms with E-state index in [0.29, 0.717) is 35.1 Å². The van der Waals surface area contributed by atoms with Gasteiger partial charge in [0.15, 0.2) is 0 Å². The minimum absolute atomic E-state index is 0.000112. The molecule has 0 aliphatic carbocycles. The summed E-state index contributed by atoms with van der Waals surface area (Å²) in [6.07, 6.45) is -0.612. The molecule has 0 bridgehead atoms. The number of benzene rings is 4. The minimum Gasteiger partial charge on any atom is -0.508 e. The van der Waals surface area contributed by atoms with Crippen molar-refractivity contribution in [2.24, 2.45) is 0 Å². The molecule has 1 fully saturated rings. The topological polar surface area (TPSA) is 110 Å². The molecule has 7 nitrogen and oxygen atoms in total. The van der Waals surface area contributed by atoms with Crippen LogP contribution < -0.4 is 10.2 Å². The van der Waals surface area contributed by atoms with E-state index in [2.05, 4.69) is 0 Å². The van der Waals surface area contributed by atoms with Crippen LogP contribution in [0.2, 0.25) is 0 Å². The third-order valence-electron chi connectivity index (χ3n) is 6.98. The Morgan fingerprint density at radius 3 is 2.20 bits per heavy atom. The molecule has 1 aliphatic rings. The molecule has 0 amide bonds. The van der Waals surface area contributed by atoms with E-state index in [1.807, 2.05) is 41.3 Å². The van der Waals surface area contributed by atoms with Crippen molar-refractivity contribution >= 4 is 36.0 Å². The second-order valence-electron chi connectivity index (χ2n) is 9.58. The summed E-state index contributed by atoms with van der Waals surface area (Å²) < 4.78 is 31.0. The average molecular weight is 580 g/mol. The summed E-state index contributed by atoms with van der Waals surface area (Å²) in [4.78, 5) is 20.6. The highest BCUT2D eigenvalue weighted by molar-refractivity contribution is 7.80. The molecular weight excluding hydrogens is 552 g/mol. The summed E-state index contributed by atoms with van der Waals surface area (Å²) in [5.74, 6) is -0.379. The number of hydrogen-bond acceptors (Lipinski definition) is 5. The first-order valence-electron chi connectivity index (χ1n) is 12.6. The van der Waals surface area contributed by atoms with Crippen LogP contribution in [-0.2, 0) is 9.30 Å². The van der Waals surface area contributed by atoms with Gasteiger partial charge < -0.3 is 24.7 Å². The molecule has 2 unspecified atom stereocenters. The van der Waals surface area contributed by atoms with E-state index in [4.69, 9.17) is 17.0 Å². The first-order valence-corrected chi connectivity index (χ1v) is 14.6. The van der Waals surface area contributed by atoms with Gasteiger partial charge in [-0.1, -0.05) is 54.6 Å². The molecule has 1 saturated heterocycles. The number of rotatable bonds is 8. The van der Waals surface area contributed by atoms with Crippen molar-refractivity contribution in [3.05, 3.63) is 114 Å². The molecule has 0 radical (unpaired) electrons. The number of thiocarbonyl (C=S) groups is 1. The Hall–Kier alpha value is -3.59. The van der Waals surface area contributed by atoms with Crippen molar-refractivity contribution in [1.82, 2.24) is 0 Å². The number of para-hydroxylation sites is 1. The smallest absolute Gasteiger partial charge is 0.356 e. The van der Waals surface area contributed by atoms with Gasteiger partial charge in [0, 0.05) is 11.3 Å². The zero-order valence-electron chi connectivity index (χ0n) is 21.2. The van der Waals surface area contributed by atoms with Crippen molar-refractivity contribution in [3.63, 3.8) is 0 Å². The van der Waals surface area contributed by atoms with Crippen LogP contribution in [0.25, 0.3) is 11.1 Å². The Morgan fingerprint density at radius 2 is 1.57 bits per heavy atom. The fourth-order valence-electron chi connectivity index (χ4n) is 4.94. The molecule has 4 aromatic carbocycles. The van der Waals surface area contributed by atoms with Crippen LogP contribution in [0.15, 0.2) is 97.1 Å². The highest BCUT2D eigenvalue weighted by Crippen LogP contribution is 2.44. The van der Waals surface area contributed by atoms with Gasteiger partial charge >= 0.3 is 7.60 Å². The Morgan fingerprint density at radius 1 is 0.925 bits per heavy atom. The molecule has 10 heteroatoms. The Labute approximate surface area is 236 Å². The number of aliphatic hydroxyl groups is 1. The van der Waals surface area contributed by atoms with Crippen molar-refractivity contribution in [2.45, 2.75) is 31.1 Å². The summed E-state index contributed by atoms with van der Waals surface area (Å²) in [6, 6.07) is 25.7. The summed E-state index contributed by atoms with van der Waals surface area (Å²) in [7, 11) is -4.36. The Bertz CT molecular complexity index is 1550. The summed E-state index contributed by atoms with van der Waals surface area (Å²) >= 11 is 5.61. The van der Waals surface area contributed by atoms with E-state index in [-0.39, 0.29) is 22.0 Å². The van der Waals surface area contributed by atoms with Crippen molar-refractivity contribution in [1.29, 1.82) is 0 Å². The Balaban J connectivity index is 1.45. The van der Waals surface area contributed by atoms with Gasteiger partial charge in [-0.05, 0) is 84.2 Å². The van der Waals surface area contributed by atoms with Crippen molar-refractivity contribution in [2.75, 3.05) is 4.90 Å². The van der Waals surface area contributed by atoms with E-state index >= 15 is 0 Å². The highest BCUT2D eigenvalue weighted by atomic mass is 32.1. The number of aliphatic hydroxyl groups excluding tert-OH is 1. The number of anilines is 1. The van der Waals surface area contributed by atoms with Crippen LogP contribution in [0.1, 0.15) is 36.1 Å². The van der Waals surface area contributed by atoms with E-state index in [0.717, 1.165) is 5.69 Å². The molecule has 1 aliphatic heterocycles. The van der Waals surface area contributed by atoms with Crippen LogP contribution in [0.3, 0.4) is 0 Å². The molecule has 4 N–H and O–H groups in total. The molecule has 5 rings (SSSR count). The lowest BCUT2D eigenvalue weighted by molar-refractivity contribution is 0.126. The number of phenolic OH excluding ortho intramolecular Hbond substituents is 1. The number of aromatic hydroxyl groups is 1. The fraction of sp³-hybridized carbons (Fsp3) is 0.167. The van der Waals surface area contributed by atoms with E-state index in [1.165, 1.54) is 24.3 Å². The maximum absolute atomic E-state index is 13.3. The number of nitrogens with zero attached hydrogens (tertiary/aromatic N) is 1. The first kappa shape index (κ1) is 28.0. The molecule has 1 heterocycles. The largest absolute Gasteiger partial charge is 0.508 e. The summed E-state index contributed by atoms with van der Waals surface area (Å²) in [5.41, 5.74) is 3.29. The lowest BCUT2D eigenvalue weighted by atomic mass is 9.92. The van der Waals surface area contributed by atoms with Gasteiger partial charge in [0.25, 0.3) is 5.17 Å². The minimum atomic E-state index is -4.36. The third-order valence-corrected chi connectivity index (χ3v) is 8.24. The van der Waals surface area contributed by atoms with Crippen LogP contribution in [0.4, 0.5) is 10.1 Å². The monoisotopic (exact) mass is 579 g/mol. The third kappa shape index (κ3) is 5.94. The van der Waals surface area contributed by atoms with Gasteiger partial charge in [-0.15, -0.1) is 0 Å². The van der Waals surface area contributed by atoms with Gasteiger partial charge in [-0.25, -0.2) is 4.39 Å². The number of ether oxygens (including phenoxy) is 1. The number of phenols is 1. The van der Waals surface area contributed by atoms with E-state index in [9.17, 15) is 29.0 Å². The molecule has 4 aromatic rings. The molecule has 206 valence electrons. The number of hydrogen-bond donors (Lipinski definition) is 4. The Kier molecular flexibility index (Phi) is 8.03. The molecule has 40 heavy (non-hydrogen) atoms. The molecule has 0 aromatic heterocycles. The van der Waals surface area contributed by atoms with Crippen molar-refractivity contribution < 1.29 is 33.7 Å². The SMILES string of the molecule is O=P(O)(O)c1ccc(-c2ccc(C3[C@@H](CCC(O)c4ccc(F)cc4)OC(=S)N3c3ccccc3)c(O)c2)cc1. The van der Waals surface area contributed by atoms with E-state index in [1.54, 1.807) is 36.4 Å². The highest BCUT2D eigenvalue weighted by Gasteiger charge is 2.42. The predicted octanol–water partition coefficient (Wildman–Crippen LogP) is 5.75. The quantitative estimate of drug-likeness (QED) is 0.154. The van der Waals surface area contributed by atoms with Gasteiger partial charge in [0.2, 0.25) is 0 Å². The second-order valence-corrected chi connectivity index (χ2v) is 11.5. The van der Waals surface area contributed by atoms with Crippen LogP contribution in [-0.4, -0.2) is 31.3 Å². The average Bonchev–Trinajstić information content (AvgIpc) is 3.27. The summed E-state index contributed by atoms with van der Waals surface area (Å²) in [5, 5.41) is 22.1. The molecule has 3 atom stereocenters. The van der Waals surface area contributed by atoms with Gasteiger partial charge in [-0.3, -0.25) is 9.46 Å².